The van der Waals surface area contributed by atoms with Crippen molar-refractivity contribution in [1.29, 1.82) is 0 Å². The topological polar surface area (TPSA) is 0 Å². The SMILES string of the molecule is C/C=C/C=C/CC(C)C. The lowest BCUT2D eigenvalue weighted by Gasteiger charge is -1.94. The minimum absolute atomic E-state index is 0.784. The molecule has 0 heterocycles. The van der Waals surface area contributed by atoms with E-state index < -0.39 is 0 Å². The van der Waals surface area contributed by atoms with Crippen molar-refractivity contribution in [1.82, 2.24) is 0 Å². The maximum atomic E-state index is 2.22. The van der Waals surface area contributed by atoms with Crippen molar-refractivity contribution >= 4 is 0 Å². The van der Waals surface area contributed by atoms with Crippen LogP contribution in [0.25, 0.3) is 0 Å². The zero-order chi connectivity index (χ0) is 7.11. The van der Waals surface area contributed by atoms with E-state index in [1.165, 1.54) is 6.42 Å². The minimum Gasteiger partial charge on any atom is -0.0877 e. The van der Waals surface area contributed by atoms with Crippen LogP contribution in [0.4, 0.5) is 0 Å². The average molecular weight is 124 g/mol. The van der Waals surface area contributed by atoms with Crippen molar-refractivity contribution in [2.24, 2.45) is 5.92 Å². The molecule has 9 heavy (non-hydrogen) atoms. The molecule has 0 amide bonds. The van der Waals surface area contributed by atoms with Crippen LogP contribution in [-0.2, 0) is 0 Å². The summed E-state index contributed by atoms with van der Waals surface area (Å²) in [5, 5.41) is 0. The number of allylic oxidation sites excluding steroid dienone is 4. The molecule has 0 N–H and O–H groups in total. The highest BCUT2D eigenvalue weighted by Gasteiger charge is 1.84. The van der Waals surface area contributed by atoms with Gasteiger partial charge in [0, 0.05) is 0 Å². The zero-order valence-electron chi connectivity index (χ0n) is 6.59. The van der Waals surface area contributed by atoms with Crippen LogP contribution in [0.5, 0.6) is 0 Å². The predicted molar refractivity (Wildman–Crippen MR) is 43.4 cm³/mol. The molecule has 0 aromatic carbocycles. The highest BCUT2D eigenvalue weighted by Crippen LogP contribution is 1.99. The summed E-state index contributed by atoms with van der Waals surface area (Å²) in [4.78, 5) is 0. The quantitative estimate of drug-likeness (QED) is 0.507. The Morgan fingerprint density at radius 2 is 1.89 bits per heavy atom. The summed E-state index contributed by atoms with van der Waals surface area (Å²) in [5.74, 6) is 0.784. The third kappa shape index (κ3) is 7.48. The van der Waals surface area contributed by atoms with Crippen LogP contribution in [0.3, 0.4) is 0 Å². The monoisotopic (exact) mass is 124 g/mol. The van der Waals surface area contributed by atoms with Crippen molar-refractivity contribution < 1.29 is 0 Å². The van der Waals surface area contributed by atoms with Crippen molar-refractivity contribution in [2.45, 2.75) is 27.2 Å². The second kappa shape index (κ2) is 5.61. The van der Waals surface area contributed by atoms with Crippen molar-refractivity contribution in [3.63, 3.8) is 0 Å². The molecule has 0 heteroatoms. The Bertz CT molecular complexity index is 96.6. The van der Waals surface area contributed by atoms with E-state index in [1.807, 2.05) is 13.0 Å². The largest absolute Gasteiger partial charge is 0.0877 e. The van der Waals surface area contributed by atoms with E-state index in [0.717, 1.165) is 5.92 Å². The summed E-state index contributed by atoms with van der Waals surface area (Å²) < 4.78 is 0. The van der Waals surface area contributed by atoms with Gasteiger partial charge in [-0.05, 0) is 19.3 Å². The Labute approximate surface area is 58.3 Å². The third-order valence-corrected chi connectivity index (χ3v) is 1.05. The highest BCUT2D eigenvalue weighted by molar-refractivity contribution is 5.00. The van der Waals surface area contributed by atoms with E-state index in [2.05, 4.69) is 32.1 Å². The normalized spacial score (nSPS) is 12.4. The van der Waals surface area contributed by atoms with E-state index in [0.29, 0.717) is 0 Å². The fraction of sp³-hybridized carbons (Fsp3) is 0.556. The molecule has 0 aliphatic rings. The lowest BCUT2D eigenvalue weighted by molar-refractivity contribution is 0.664. The van der Waals surface area contributed by atoms with Crippen LogP contribution in [0.2, 0.25) is 0 Å². The number of hydrogen-bond acceptors (Lipinski definition) is 0. The van der Waals surface area contributed by atoms with Gasteiger partial charge in [-0.1, -0.05) is 38.2 Å². The summed E-state index contributed by atoms with van der Waals surface area (Å²) in [7, 11) is 0. The van der Waals surface area contributed by atoms with Crippen molar-refractivity contribution in [3.05, 3.63) is 24.3 Å². The molecule has 0 aliphatic carbocycles. The van der Waals surface area contributed by atoms with Gasteiger partial charge in [0.1, 0.15) is 0 Å². The van der Waals surface area contributed by atoms with Gasteiger partial charge < -0.3 is 0 Å². The molecule has 0 fully saturated rings. The highest BCUT2D eigenvalue weighted by atomic mass is 13.9. The second-order valence-electron chi connectivity index (χ2n) is 2.58. The fourth-order valence-corrected chi connectivity index (χ4v) is 0.540. The van der Waals surface area contributed by atoms with E-state index in [4.69, 9.17) is 0 Å². The molecule has 0 saturated heterocycles. The van der Waals surface area contributed by atoms with Crippen LogP contribution in [-0.4, -0.2) is 0 Å². The first-order valence-electron chi connectivity index (χ1n) is 3.55. The summed E-state index contributed by atoms with van der Waals surface area (Å²) in [6.07, 6.45) is 9.58. The van der Waals surface area contributed by atoms with Crippen LogP contribution < -0.4 is 0 Å². The lowest BCUT2D eigenvalue weighted by Crippen LogP contribution is -1.80. The van der Waals surface area contributed by atoms with Gasteiger partial charge in [0.2, 0.25) is 0 Å². The Hall–Kier alpha value is -0.520. The summed E-state index contributed by atoms with van der Waals surface area (Å²) in [6.45, 7) is 6.47. The van der Waals surface area contributed by atoms with E-state index in [-0.39, 0.29) is 0 Å². The molecule has 0 rings (SSSR count). The summed E-state index contributed by atoms with van der Waals surface area (Å²) in [5.41, 5.74) is 0. The van der Waals surface area contributed by atoms with Gasteiger partial charge in [-0.15, -0.1) is 0 Å². The smallest absolute Gasteiger partial charge is 0.0324 e. The predicted octanol–water partition coefficient (Wildman–Crippen LogP) is 3.16. The zero-order valence-corrected chi connectivity index (χ0v) is 6.59. The van der Waals surface area contributed by atoms with Crippen LogP contribution in [0.15, 0.2) is 24.3 Å². The van der Waals surface area contributed by atoms with Gasteiger partial charge in [-0.3, -0.25) is 0 Å². The number of rotatable bonds is 3. The van der Waals surface area contributed by atoms with Gasteiger partial charge in [0.25, 0.3) is 0 Å². The summed E-state index contributed by atoms with van der Waals surface area (Å²) in [6, 6.07) is 0. The van der Waals surface area contributed by atoms with Gasteiger partial charge >= 0.3 is 0 Å². The minimum atomic E-state index is 0.784. The first-order valence-corrected chi connectivity index (χ1v) is 3.55. The van der Waals surface area contributed by atoms with Gasteiger partial charge in [-0.25, -0.2) is 0 Å². The number of hydrogen-bond donors (Lipinski definition) is 0. The summed E-state index contributed by atoms with van der Waals surface area (Å²) >= 11 is 0. The van der Waals surface area contributed by atoms with Crippen molar-refractivity contribution in [3.8, 4) is 0 Å². The average Bonchev–Trinajstić information content (AvgIpc) is 1.80. The fourth-order valence-electron chi connectivity index (χ4n) is 0.540. The van der Waals surface area contributed by atoms with E-state index in [1.54, 1.807) is 0 Å². The molecule has 0 aromatic rings. The molecule has 0 nitrogen and oxygen atoms in total. The molecular weight excluding hydrogens is 108 g/mol. The van der Waals surface area contributed by atoms with E-state index in [9.17, 15) is 0 Å². The molecule has 0 bridgehead atoms. The Kier molecular flexibility index (Phi) is 5.29. The molecule has 0 atom stereocenters. The first-order chi connectivity index (χ1) is 4.27. The maximum absolute atomic E-state index is 2.22. The standard InChI is InChI=1S/C9H16/c1-4-5-6-7-8-9(2)3/h4-7,9H,8H2,1-3H3/b5-4+,7-6+. The molecule has 52 valence electrons. The maximum Gasteiger partial charge on any atom is -0.0324 e. The van der Waals surface area contributed by atoms with E-state index >= 15 is 0 Å². The third-order valence-electron chi connectivity index (χ3n) is 1.05. The van der Waals surface area contributed by atoms with Gasteiger partial charge in [0.05, 0.1) is 0 Å². The molecular formula is C9H16. The Balaban J connectivity index is 3.25. The van der Waals surface area contributed by atoms with Crippen LogP contribution in [0, 0.1) is 5.92 Å². The lowest BCUT2D eigenvalue weighted by atomic mass is 10.1. The second-order valence-corrected chi connectivity index (χ2v) is 2.58. The Morgan fingerprint density at radius 3 is 2.33 bits per heavy atom. The Morgan fingerprint density at radius 1 is 1.22 bits per heavy atom. The van der Waals surface area contributed by atoms with Crippen molar-refractivity contribution in [2.75, 3.05) is 0 Å². The molecule has 0 saturated carbocycles. The molecule has 0 radical (unpaired) electrons. The molecule has 0 aliphatic heterocycles. The van der Waals surface area contributed by atoms with Gasteiger partial charge in [-0.2, -0.15) is 0 Å². The molecule has 0 aromatic heterocycles. The molecule has 0 spiro atoms. The molecule has 0 unspecified atom stereocenters. The first kappa shape index (κ1) is 8.48. The van der Waals surface area contributed by atoms with Crippen LogP contribution in [0.1, 0.15) is 27.2 Å². The van der Waals surface area contributed by atoms with Gasteiger partial charge in [0.15, 0.2) is 0 Å². The van der Waals surface area contributed by atoms with Crippen LogP contribution >= 0.6 is 0 Å².